The first-order chi connectivity index (χ1) is 6.59. The fourth-order valence-electron chi connectivity index (χ4n) is 0.632. The molecule has 0 spiro atoms. The van der Waals surface area contributed by atoms with E-state index in [9.17, 15) is 4.79 Å². The summed E-state index contributed by atoms with van der Waals surface area (Å²) in [7, 11) is 0. The Labute approximate surface area is 84.6 Å². The van der Waals surface area contributed by atoms with Gasteiger partial charge in [-0.05, 0) is 19.4 Å². The summed E-state index contributed by atoms with van der Waals surface area (Å²) in [4.78, 5) is 10.1. The number of carboxylic acid groups (broad SMARTS) is 1. The van der Waals surface area contributed by atoms with Crippen molar-refractivity contribution < 1.29 is 9.90 Å². The number of rotatable bonds is 6. The van der Waals surface area contributed by atoms with E-state index in [1.165, 1.54) is 0 Å². The molecule has 0 heterocycles. The zero-order valence-corrected chi connectivity index (χ0v) is 8.48. The van der Waals surface area contributed by atoms with E-state index in [0.717, 1.165) is 12.8 Å². The predicted octanol–water partition coefficient (Wildman–Crippen LogP) is -1.57. The van der Waals surface area contributed by atoms with Crippen molar-refractivity contribution in [2.24, 2.45) is 22.9 Å². The molecular weight excluding hydrogens is 184 g/mol. The van der Waals surface area contributed by atoms with Gasteiger partial charge < -0.3 is 28.0 Å². The van der Waals surface area contributed by atoms with Gasteiger partial charge in [0.15, 0.2) is 0 Å². The Morgan fingerprint density at radius 1 is 1.07 bits per heavy atom. The summed E-state index contributed by atoms with van der Waals surface area (Å²) in [6.45, 7) is 1.80. The summed E-state index contributed by atoms with van der Waals surface area (Å²) in [6, 6.07) is -0.716. The molecule has 86 valence electrons. The molecule has 0 bridgehead atoms. The molecule has 0 unspecified atom stereocenters. The molecule has 0 aliphatic heterocycles. The van der Waals surface area contributed by atoms with Crippen LogP contribution in [0, 0.1) is 0 Å². The van der Waals surface area contributed by atoms with Crippen molar-refractivity contribution in [2.75, 3.05) is 19.6 Å². The Morgan fingerprint density at radius 2 is 1.57 bits per heavy atom. The monoisotopic (exact) mass is 206 g/mol. The van der Waals surface area contributed by atoms with E-state index in [1.54, 1.807) is 0 Å². The standard InChI is InChI=1S/C6H14N2O2.C2H8N2/c7-4-2-1-3-5(8)6(9)10;3-1-2-4/h5H,1-4,7-8H2,(H,9,10);1-4H2/t5-;/m0./s1. The summed E-state index contributed by atoms with van der Waals surface area (Å²) >= 11 is 0. The van der Waals surface area contributed by atoms with E-state index in [-0.39, 0.29) is 0 Å². The first-order valence-electron chi connectivity index (χ1n) is 4.68. The number of hydrogen-bond donors (Lipinski definition) is 5. The van der Waals surface area contributed by atoms with Crippen molar-refractivity contribution in [3.05, 3.63) is 0 Å². The van der Waals surface area contributed by atoms with Crippen molar-refractivity contribution in [3.63, 3.8) is 0 Å². The van der Waals surface area contributed by atoms with E-state index in [1.807, 2.05) is 0 Å². The summed E-state index contributed by atoms with van der Waals surface area (Å²) in [5.74, 6) is -0.933. The van der Waals surface area contributed by atoms with Gasteiger partial charge in [-0.3, -0.25) is 4.79 Å². The summed E-state index contributed by atoms with van der Waals surface area (Å²) in [6.07, 6.45) is 2.16. The fourth-order valence-corrected chi connectivity index (χ4v) is 0.632. The molecule has 14 heavy (non-hydrogen) atoms. The minimum absolute atomic E-state index is 0.520. The van der Waals surface area contributed by atoms with Crippen LogP contribution in [-0.2, 0) is 4.79 Å². The highest BCUT2D eigenvalue weighted by Gasteiger charge is 2.09. The van der Waals surface area contributed by atoms with Crippen LogP contribution >= 0.6 is 0 Å². The number of aliphatic carboxylic acids is 1. The van der Waals surface area contributed by atoms with Gasteiger partial charge in [0.2, 0.25) is 0 Å². The molecule has 0 aromatic rings. The van der Waals surface area contributed by atoms with Gasteiger partial charge in [0.1, 0.15) is 6.04 Å². The lowest BCUT2D eigenvalue weighted by Crippen LogP contribution is -2.29. The zero-order valence-electron chi connectivity index (χ0n) is 8.48. The number of carbonyl (C=O) groups is 1. The maximum atomic E-state index is 10.1. The molecule has 0 saturated heterocycles. The first kappa shape index (κ1) is 15.8. The van der Waals surface area contributed by atoms with Gasteiger partial charge in [0.25, 0.3) is 0 Å². The summed E-state index contributed by atoms with van der Waals surface area (Å²) in [5, 5.41) is 8.33. The smallest absolute Gasteiger partial charge is 0.320 e. The molecule has 6 nitrogen and oxygen atoms in total. The van der Waals surface area contributed by atoms with Gasteiger partial charge in [0, 0.05) is 13.1 Å². The third-order valence-electron chi connectivity index (χ3n) is 1.45. The van der Waals surface area contributed by atoms with Crippen LogP contribution in [0.15, 0.2) is 0 Å². The van der Waals surface area contributed by atoms with Crippen molar-refractivity contribution in [3.8, 4) is 0 Å². The van der Waals surface area contributed by atoms with Crippen LogP contribution in [-0.4, -0.2) is 36.8 Å². The molecule has 0 fully saturated rings. The molecule has 0 saturated carbocycles. The van der Waals surface area contributed by atoms with E-state index in [2.05, 4.69) is 0 Å². The zero-order chi connectivity index (χ0) is 11.4. The molecule has 0 aliphatic carbocycles. The molecule has 0 amide bonds. The number of unbranched alkanes of at least 4 members (excludes halogenated alkanes) is 1. The van der Waals surface area contributed by atoms with Crippen molar-refractivity contribution in [1.29, 1.82) is 0 Å². The lowest BCUT2D eigenvalue weighted by molar-refractivity contribution is -0.138. The molecule has 0 rings (SSSR count). The van der Waals surface area contributed by atoms with E-state index >= 15 is 0 Å². The molecule has 0 radical (unpaired) electrons. The highest BCUT2D eigenvalue weighted by Crippen LogP contribution is 1.96. The predicted molar refractivity (Wildman–Crippen MR) is 56.6 cm³/mol. The minimum Gasteiger partial charge on any atom is -0.480 e. The average Bonchev–Trinajstić information content (AvgIpc) is 2.18. The average molecular weight is 206 g/mol. The maximum absolute atomic E-state index is 10.1. The van der Waals surface area contributed by atoms with Crippen LogP contribution in [0.2, 0.25) is 0 Å². The van der Waals surface area contributed by atoms with E-state index in [4.69, 9.17) is 28.0 Å². The molecule has 6 heteroatoms. The summed E-state index contributed by atoms with van der Waals surface area (Å²) in [5.41, 5.74) is 20.2. The van der Waals surface area contributed by atoms with Crippen LogP contribution < -0.4 is 22.9 Å². The highest BCUT2D eigenvalue weighted by molar-refractivity contribution is 5.72. The van der Waals surface area contributed by atoms with Crippen LogP contribution in [0.4, 0.5) is 0 Å². The van der Waals surface area contributed by atoms with E-state index in [0.29, 0.717) is 26.1 Å². The van der Waals surface area contributed by atoms with Crippen molar-refractivity contribution in [1.82, 2.24) is 0 Å². The molecule has 1 atom stereocenters. The maximum Gasteiger partial charge on any atom is 0.320 e. The van der Waals surface area contributed by atoms with Gasteiger partial charge in [-0.25, -0.2) is 0 Å². The second kappa shape index (κ2) is 12.3. The Balaban J connectivity index is 0. The summed E-state index contributed by atoms with van der Waals surface area (Å²) < 4.78 is 0. The third-order valence-corrected chi connectivity index (χ3v) is 1.45. The highest BCUT2D eigenvalue weighted by atomic mass is 16.4. The topological polar surface area (TPSA) is 141 Å². The SMILES string of the molecule is NCCCC[C@H](N)C(=O)O.NCCN. The van der Waals surface area contributed by atoms with Crippen LogP contribution in [0.1, 0.15) is 19.3 Å². The first-order valence-corrected chi connectivity index (χ1v) is 4.68. The Hall–Kier alpha value is -0.690. The van der Waals surface area contributed by atoms with Crippen LogP contribution in [0.5, 0.6) is 0 Å². The van der Waals surface area contributed by atoms with Gasteiger partial charge in [-0.1, -0.05) is 6.42 Å². The van der Waals surface area contributed by atoms with Crippen molar-refractivity contribution >= 4 is 5.97 Å². The Kier molecular flexibility index (Phi) is 13.9. The largest absolute Gasteiger partial charge is 0.480 e. The second-order valence-electron chi connectivity index (χ2n) is 2.81. The normalized spacial score (nSPS) is 11.4. The van der Waals surface area contributed by atoms with Gasteiger partial charge in [-0.15, -0.1) is 0 Å². The molecular formula is C8H22N4O2. The van der Waals surface area contributed by atoms with Gasteiger partial charge in [0.05, 0.1) is 0 Å². The molecule has 9 N–H and O–H groups in total. The third kappa shape index (κ3) is 13.9. The number of nitrogens with two attached hydrogens (primary N) is 4. The Morgan fingerprint density at radius 3 is 1.86 bits per heavy atom. The van der Waals surface area contributed by atoms with Gasteiger partial charge >= 0.3 is 5.97 Å². The second-order valence-corrected chi connectivity index (χ2v) is 2.81. The Bertz CT molecular complexity index is 131. The number of hydrogen-bond acceptors (Lipinski definition) is 5. The quantitative estimate of drug-likeness (QED) is 0.332. The van der Waals surface area contributed by atoms with E-state index < -0.39 is 12.0 Å². The van der Waals surface area contributed by atoms with Crippen LogP contribution in [0.3, 0.4) is 0 Å². The van der Waals surface area contributed by atoms with Crippen LogP contribution in [0.25, 0.3) is 0 Å². The molecule has 0 aromatic heterocycles. The molecule has 0 aromatic carbocycles. The fraction of sp³-hybridized carbons (Fsp3) is 0.875. The minimum atomic E-state index is -0.933. The van der Waals surface area contributed by atoms with Crippen molar-refractivity contribution in [2.45, 2.75) is 25.3 Å². The molecule has 0 aliphatic rings. The number of carboxylic acids is 1. The lowest BCUT2D eigenvalue weighted by Gasteiger charge is -2.03. The lowest BCUT2D eigenvalue weighted by atomic mass is 10.1. The van der Waals surface area contributed by atoms with Gasteiger partial charge in [-0.2, -0.15) is 0 Å².